The van der Waals surface area contributed by atoms with Crippen LogP contribution in [0.1, 0.15) is 13.3 Å². The van der Waals surface area contributed by atoms with Gasteiger partial charge in [0.05, 0.1) is 13.2 Å². The number of halogens is 2. The Kier molecular flexibility index (Phi) is 3.06. The molecule has 4 nitrogen and oxygen atoms in total. The fraction of sp³-hybridized carbons (Fsp3) is 0.875. The summed E-state index contributed by atoms with van der Waals surface area (Å²) >= 11 is 0. The van der Waals surface area contributed by atoms with Crippen LogP contribution in [0.5, 0.6) is 0 Å². The van der Waals surface area contributed by atoms with E-state index in [1.54, 1.807) is 0 Å². The maximum atomic E-state index is 13.3. The Hall–Kier alpha value is -0.750. The van der Waals surface area contributed by atoms with Gasteiger partial charge in [-0.3, -0.25) is 0 Å². The van der Waals surface area contributed by atoms with Gasteiger partial charge in [-0.1, -0.05) is 0 Å². The number of ether oxygens (including phenoxy) is 2. The van der Waals surface area contributed by atoms with Crippen LogP contribution in [0.2, 0.25) is 0 Å². The van der Waals surface area contributed by atoms with Crippen molar-refractivity contribution in [2.75, 3.05) is 19.8 Å². The molecule has 0 aromatic rings. The number of esters is 1. The zero-order chi connectivity index (χ0) is 10.8. The average Bonchev–Trinajstić information content (AvgIpc) is 2.54. The molecule has 0 bridgehead atoms. The second kappa shape index (κ2) is 3.78. The number of rotatable bonds is 3. The fourth-order valence-electron chi connectivity index (χ4n) is 1.21. The molecule has 1 unspecified atom stereocenters. The van der Waals surface area contributed by atoms with Gasteiger partial charge < -0.3 is 14.6 Å². The van der Waals surface area contributed by atoms with Crippen molar-refractivity contribution in [2.45, 2.75) is 24.9 Å². The molecule has 1 atom stereocenters. The summed E-state index contributed by atoms with van der Waals surface area (Å²) in [5.41, 5.74) is -2.42. The summed E-state index contributed by atoms with van der Waals surface area (Å²) in [6.45, 7) is 0.749. The van der Waals surface area contributed by atoms with E-state index in [0.717, 1.165) is 0 Å². The Morgan fingerprint density at radius 2 is 2.36 bits per heavy atom. The minimum Gasteiger partial charge on any atom is -0.461 e. The number of alkyl halides is 2. The molecule has 0 radical (unpaired) electrons. The Labute approximate surface area is 79.8 Å². The van der Waals surface area contributed by atoms with E-state index in [1.165, 1.54) is 6.92 Å². The molecular formula is C8H12F2O4. The van der Waals surface area contributed by atoms with Crippen LogP contribution in [0.25, 0.3) is 0 Å². The van der Waals surface area contributed by atoms with Crippen LogP contribution in [-0.2, 0) is 14.3 Å². The summed E-state index contributed by atoms with van der Waals surface area (Å²) in [7, 11) is 0. The largest absolute Gasteiger partial charge is 0.461 e. The van der Waals surface area contributed by atoms with Crippen LogP contribution in [0.15, 0.2) is 0 Å². The minimum absolute atomic E-state index is 0.0193. The van der Waals surface area contributed by atoms with Crippen LogP contribution >= 0.6 is 0 Å². The molecule has 1 rings (SSSR count). The molecule has 1 fully saturated rings. The molecule has 0 saturated carbocycles. The first kappa shape index (κ1) is 11.3. The molecule has 6 heteroatoms. The van der Waals surface area contributed by atoms with Crippen molar-refractivity contribution in [1.82, 2.24) is 0 Å². The molecule has 82 valence electrons. The van der Waals surface area contributed by atoms with E-state index < -0.39 is 24.1 Å². The highest BCUT2D eigenvalue weighted by Crippen LogP contribution is 2.36. The van der Waals surface area contributed by atoms with Gasteiger partial charge in [0.15, 0.2) is 5.60 Å². The number of hydrogen-bond donors (Lipinski definition) is 1. The lowest BCUT2D eigenvalue weighted by Gasteiger charge is -2.28. The Bertz CT molecular complexity index is 223. The monoisotopic (exact) mass is 210 g/mol. The Morgan fingerprint density at radius 3 is 2.79 bits per heavy atom. The second-order valence-corrected chi connectivity index (χ2v) is 3.13. The molecule has 0 aromatic carbocycles. The van der Waals surface area contributed by atoms with Gasteiger partial charge in [0.2, 0.25) is 0 Å². The average molecular weight is 210 g/mol. The molecular weight excluding hydrogens is 198 g/mol. The zero-order valence-electron chi connectivity index (χ0n) is 7.76. The first-order chi connectivity index (χ1) is 6.44. The third-order valence-electron chi connectivity index (χ3n) is 2.12. The SMILES string of the molecule is CCOC(=O)C(F)(F)C1(O)CCOC1. The highest BCUT2D eigenvalue weighted by Gasteiger charge is 2.61. The lowest BCUT2D eigenvalue weighted by molar-refractivity contribution is -0.212. The quantitative estimate of drug-likeness (QED) is 0.682. The number of carbonyl (C=O) groups is 1. The van der Waals surface area contributed by atoms with Gasteiger partial charge in [-0.15, -0.1) is 0 Å². The third-order valence-corrected chi connectivity index (χ3v) is 2.12. The highest BCUT2D eigenvalue weighted by molar-refractivity contribution is 5.79. The van der Waals surface area contributed by atoms with Gasteiger partial charge in [0.1, 0.15) is 0 Å². The van der Waals surface area contributed by atoms with Crippen molar-refractivity contribution in [3.63, 3.8) is 0 Å². The van der Waals surface area contributed by atoms with E-state index in [1.807, 2.05) is 0 Å². The predicted molar refractivity (Wildman–Crippen MR) is 42.0 cm³/mol. The van der Waals surface area contributed by atoms with Crippen LogP contribution in [0.4, 0.5) is 8.78 Å². The van der Waals surface area contributed by atoms with E-state index in [4.69, 9.17) is 0 Å². The van der Waals surface area contributed by atoms with Crippen molar-refractivity contribution < 1.29 is 28.2 Å². The molecule has 0 aromatic heterocycles. The summed E-state index contributed by atoms with van der Waals surface area (Å²) in [6.07, 6.45) is -0.265. The molecule has 1 aliphatic heterocycles. The highest BCUT2D eigenvalue weighted by atomic mass is 19.3. The van der Waals surface area contributed by atoms with Crippen LogP contribution in [0.3, 0.4) is 0 Å². The molecule has 1 saturated heterocycles. The van der Waals surface area contributed by atoms with E-state index in [9.17, 15) is 18.7 Å². The maximum Gasteiger partial charge on any atom is 0.380 e. The van der Waals surface area contributed by atoms with Gasteiger partial charge in [-0.05, 0) is 6.92 Å². The Morgan fingerprint density at radius 1 is 1.71 bits per heavy atom. The van der Waals surface area contributed by atoms with Gasteiger partial charge >= 0.3 is 11.9 Å². The van der Waals surface area contributed by atoms with Crippen LogP contribution < -0.4 is 0 Å². The summed E-state index contributed by atoms with van der Waals surface area (Å²) in [5, 5.41) is 9.44. The smallest absolute Gasteiger partial charge is 0.380 e. The minimum atomic E-state index is -3.90. The summed E-state index contributed by atoms with van der Waals surface area (Å²) in [5.74, 6) is -5.60. The van der Waals surface area contributed by atoms with Crippen LogP contribution in [0, 0.1) is 0 Å². The third kappa shape index (κ3) is 1.72. The van der Waals surface area contributed by atoms with Gasteiger partial charge in [0.25, 0.3) is 0 Å². The first-order valence-electron chi connectivity index (χ1n) is 4.29. The molecule has 0 spiro atoms. The van der Waals surface area contributed by atoms with Gasteiger partial charge in [-0.2, -0.15) is 8.78 Å². The predicted octanol–water partition coefficient (Wildman–Crippen LogP) is 0.336. The summed E-state index contributed by atoms with van der Waals surface area (Å²) < 4.78 is 35.4. The normalized spacial score (nSPS) is 27.7. The van der Waals surface area contributed by atoms with Crippen molar-refractivity contribution in [3.8, 4) is 0 Å². The zero-order valence-corrected chi connectivity index (χ0v) is 7.76. The van der Waals surface area contributed by atoms with E-state index >= 15 is 0 Å². The molecule has 0 amide bonds. The number of aliphatic hydroxyl groups is 1. The van der Waals surface area contributed by atoms with Gasteiger partial charge in [0, 0.05) is 13.0 Å². The number of carbonyl (C=O) groups excluding carboxylic acids is 1. The van der Waals surface area contributed by atoms with E-state index in [-0.39, 0.29) is 19.6 Å². The molecule has 0 aliphatic carbocycles. The van der Waals surface area contributed by atoms with Crippen molar-refractivity contribution in [3.05, 3.63) is 0 Å². The van der Waals surface area contributed by atoms with E-state index in [0.29, 0.717) is 0 Å². The molecule has 1 aliphatic rings. The molecule has 1 N–H and O–H groups in total. The fourth-order valence-corrected chi connectivity index (χ4v) is 1.21. The summed E-state index contributed by atoms with van der Waals surface area (Å²) in [4.78, 5) is 10.9. The molecule has 1 heterocycles. The first-order valence-corrected chi connectivity index (χ1v) is 4.29. The lowest BCUT2D eigenvalue weighted by Crippen LogP contribution is -2.54. The molecule has 14 heavy (non-hydrogen) atoms. The number of hydrogen-bond acceptors (Lipinski definition) is 4. The Balaban J connectivity index is 2.76. The van der Waals surface area contributed by atoms with Crippen molar-refractivity contribution in [2.24, 2.45) is 0 Å². The maximum absolute atomic E-state index is 13.3. The topological polar surface area (TPSA) is 55.8 Å². The van der Waals surface area contributed by atoms with Gasteiger partial charge in [-0.25, -0.2) is 4.79 Å². The van der Waals surface area contributed by atoms with Crippen molar-refractivity contribution >= 4 is 5.97 Å². The lowest BCUT2D eigenvalue weighted by atomic mass is 9.95. The standard InChI is InChI=1S/C8H12F2O4/c1-2-14-6(11)8(9,10)7(12)3-4-13-5-7/h12H,2-5H2,1H3. The van der Waals surface area contributed by atoms with Crippen molar-refractivity contribution in [1.29, 1.82) is 0 Å². The second-order valence-electron chi connectivity index (χ2n) is 3.13. The summed E-state index contributed by atoms with van der Waals surface area (Å²) in [6, 6.07) is 0. The van der Waals surface area contributed by atoms with E-state index in [2.05, 4.69) is 9.47 Å². The van der Waals surface area contributed by atoms with Crippen LogP contribution in [-0.4, -0.2) is 42.4 Å².